The molecule has 2 rings (SSSR count). The summed E-state index contributed by atoms with van der Waals surface area (Å²) in [5, 5.41) is 12.3. The first-order chi connectivity index (χ1) is 8.70. The molecule has 1 N–H and O–H groups in total. The Kier molecular flexibility index (Phi) is 3.81. The summed E-state index contributed by atoms with van der Waals surface area (Å²) < 4.78 is 13.6. The minimum atomic E-state index is -0.395. The van der Waals surface area contributed by atoms with E-state index < -0.39 is 5.82 Å². The third-order valence-electron chi connectivity index (χ3n) is 2.53. The first-order valence-corrected chi connectivity index (χ1v) is 5.75. The Morgan fingerprint density at radius 3 is 2.67 bits per heavy atom. The van der Waals surface area contributed by atoms with Crippen LogP contribution in [0.5, 0.6) is 0 Å². The van der Waals surface area contributed by atoms with E-state index in [1.165, 1.54) is 6.07 Å². The standard InChI is InChI=1S/C14H10ClFN2/c15-12-3-1-2-4-14(12)18-9-11-6-5-10(8-17)7-13(11)16/h1-7,18H,9H2. The van der Waals surface area contributed by atoms with Crippen molar-refractivity contribution in [2.45, 2.75) is 6.54 Å². The molecule has 0 fully saturated rings. The first kappa shape index (κ1) is 12.4. The number of anilines is 1. The summed E-state index contributed by atoms with van der Waals surface area (Å²) >= 11 is 5.98. The second kappa shape index (κ2) is 5.52. The van der Waals surface area contributed by atoms with Crippen molar-refractivity contribution in [3.05, 3.63) is 64.4 Å². The van der Waals surface area contributed by atoms with Gasteiger partial charge in [0, 0.05) is 12.1 Å². The van der Waals surface area contributed by atoms with Gasteiger partial charge in [0.1, 0.15) is 5.82 Å². The molecule has 0 radical (unpaired) electrons. The van der Waals surface area contributed by atoms with Crippen molar-refractivity contribution in [2.75, 3.05) is 5.32 Å². The molecule has 90 valence electrons. The number of benzene rings is 2. The van der Waals surface area contributed by atoms with E-state index in [0.717, 1.165) is 5.69 Å². The SMILES string of the molecule is N#Cc1ccc(CNc2ccccc2Cl)c(F)c1. The molecule has 0 unspecified atom stereocenters. The molecule has 0 aliphatic rings. The van der Waals surface area contributed by atoms with Gasteiger partial charge in [0.15, 0.2) is 0 Å². The molecule has 0 saturated heterocycles. The minimum absolute atomic E-state index is 0.314. The molecule has 0 atom stereocenters. The Bertz CT molecular complexity index is 605. The Morgan fingerprint density at radius 1 is 1.22 bits per heavy atom. The smallest absolute Gasteiger partial charge is 0.129 e. The summed E-state index contributed by atoms with van der Waals surface area (Å²) in [6.07, 6.45) is 0. The second-order valence-corrected chi connectivity index (χ2v) is 4.16. The molecule has 0 amide bonds. The number of halogens is 2. The lowest BCUT2D eigenvalue weighted by Gasteiger charge is -2.09. The molecule has 0 aliphatic carbocycles. The highest BCUT2D eigenvalue weighted by atomic mass is 35.5. The van der Waals surface area contributed by atoms with Crippen LogP contribution in [0.15, 0.2) is 42.5 Å². The topological polar surface area (TPSA) is 35.8 Å². The average Bonchev–Trinajstić information content (AvgIpc) is 2.39. The number of nitrogens with one attached hydrogen (secondary N) is 1. The van der Waals surface area contributed by atoms with Crippen molar-refractivity contribution in [1.82, 2.24) is 0 Å². The lowest BCUT2D eigenvalue weighted by atomic mass is 10.1. The molecule has 2 aromatic carbocycles. The van der Waals surface area contributed by atoms with E-state index in [1.54, 1.807) is 18.2 Å². The Hall–Kier alpha value is -2.05. The van der Waals surface area contributed by atoms with E-state index in [0.29, 0.717) is 22.7 Å². The van der Waals surface area contributed by atoms with Crippen molar-refractivity contribution in [2.24, 2.45) is 0 Å². The Morgan fingerprint density at radius 2 is 2.00 bits per heavy atom. The van der Waals surface area contributed by atoms with E-state index >= 15 is 0 Å². The summed E-state index contributed by atoms with van der Waals surface area (Å²) in [6.45, 7) is 0.321. The zero-order chi connectivity index (χ0) is 13.0. The Balaban J connectivity index is 2.12. The molecule has 18 heavy (non-hydrogen) atoms. The van der Waals surface area contributed by atoms with Crippen LogP contribution >= 0.6 is 11.6 Å². The highest BCUT2D eigenvalue weighted by molar-refractivity contribution is 6.33. The summed E-state index contributed by atoms with van der Waals surface area (Å²) in [5.41, 5.74) is 1.56. The van der Waals surface area contributed by atoms with Crippen molar-refractivity contribution < 1.29 is 4.39 Å². The van der Waals surface area contributed by atoms with Gasteiger partial charge < -0.3 is 5.32 Å². The molecular formula is C14H10ClFN2. The number of hydrogen-bond donors (Lipinski definition) is 1. The van der Waals surface area contributed by atoms with Gasteiger partial charge in [-0.05, 0) is 24.3 Å². The number of rotatable bonds is 3. The lowest BCUT2D eigenvalue weighted by Crippen LogP contribution is -2.02. The zero-order valence-corrected chi connectivity index (χ0v) is 10.2. The van der Waals surface area contributed by atoms with Crippen LogP contribution < -0.4 is 5.32 Å². The third kappa shape index (κ3) is 2.79. The monoisotopic (exact) mass is 260 g/mol. The highest BCUT2D eigenvalue weighted by Gasteiger charge is 2.04. The fourth-order valence-corrected chi connectivity index (χ4v) is 1.76. The quantitative estimate of drug-likeness (QED) is 0.907. The number of nitriles is 1. The first-order valence-electron chi connectivity index (χ1n) is 5.37. The molecule has 2 nitrogen and oxygen atoms in total. The molecular weight excluding hydrogens is 251 g/mol. The van der Waals surface area contributed by atoms with E-state index in [9.17, 15) is 4.39 Å². The largest absolute Gasteiger partial charge is 0.380 e. The van der Waals surface area contributed by atoms with Gasteiger partial charge in [-0.2, -0.15) is 5.26 Å². The van der Waals surface area contributed by atoms with Crippen LogP contribution in [-0.4, -0.2) is 0 Å². The minimum Gasteiger partial charge on any atom is -0.380 e. The molecule has 0 aromatic heterocycles. The van der Waals surface area contributed by atoms with E-state index in [-0.39, 0.29) is 0 Å². The normalized spacial score (nSPS) is 9.83. The molecule has 0 saturated carbocycles. The van der Waals surface area contributed by atoms with Crippen molar-refractivity contribution in [1.29, 1.82) is 5.26 Å². The van der Waals surface area contributed by atoms with E-state index in [4.69, 9.17) is 16.9 Å². The van der Waals surface area contributed by atoms with Crippen LogP contribution in [0.3, 0.4) is 0 Å². The van der Waals surface area contributed by atoms with Crippen molar-refractivity contribution >= 4 is 17.3 Å². The van der Waals surface area contributed by atoms with Gasteiger partial charge in [-0.15, -0.1) is 0 Å². The van der Waals surface area contributed by atoms with Gasteiger partial charge >= 0.3 is 0 Å². The van der Waals surface area contributed by atoms with Crippen LogP contribution in [-0.2, 0) is 6.54 Å². The third-order valence-corrected chi connectivity index (χ3v) is 2.85. The maximum atomic E-state index is 13.6. The van der Waals surface area contributed by atoms with Gasteiger partial charge in [0.25, 0.3) is 0 Å². The molecule has 0 spiro atoms. The summed E-state index contributed by atoms with van der Waals surface area (Å²) in [6, 6.07) is 13.6. The van der Waals surface area contributed by atoms with Gasteiger partial charge in [0.05, 0.1) is 22.3 Å². The molecule has 0 heterocycles. The summed E-state index contributed by atoms with van der Waals surface area (Å²) in [4.78, 5) is 0. The second-order valence-electron chi connectivity index (χ2n) is 3.75. The fourth-order valence-electron chi connectivity index (χ4n) is 1.56. The van der Waals surface area contributed by atoms with Gasteiger partial charge in [-0.25, -0.2) is 4.39 Å². The predicted octanol–water partition coefficient (Wildman–Crippen LogP) is 3.96. The molecule has 0 bridgehead atoms. The molecule has 4 heteroatoms. The van der Waals surface area contributed by atoms with Crippen LogP contribution in [0.25, 0.3) is 0 Å². The number of hydrogen-bond acceptors (Lipinski definition) is 2. The summed E-state index contributed by atoms with van der Waals surface area (Å²) in [7, 11) is 0. The van der Waals surface area contributed by atoms with Crippen LogP contribution in [0, 0.1) is 17.1 Å². The summed E-state index contributed by atoms with van der Waals surface area (Å²) in [5.74, 6) is -0.395. The predicted molar refractivity (Wildman–Crippen MR) is 69.9 cm³/mol. The number of nitrogens with zero attached hydrogens (tertiary/aromatic N) is 1. The van der Waals surface area contributed by atoms with Crippen LogP contribution in [0.1, 0.15) is 11.1 Å². The van der Waals surface area contributed by atoms with Gasteiger partial charge in [0.2, 0.25) is 0 Å². The molecule has 0 aliphatic heterocycles. The van der Waals surface area contributed by atoms with E-state index in [1.807, 2.05) is 24.3 Å². The van der Waals surface area contributed by atoms with E-state index in [2.05, 4.69) is 5.32 Å². The Labute approximate surface area is 110 Å². The average molecular weight is 261 g/mol. The van der Waals surface area contributed by atoms with Gasteiger partial charge in [-0.3, -0.25) is 0 Å². The van der Waals surface area contributed by atoms with Gasteiger partial charge in [-0.1, -0.05) is 29.8 Å². The number of para-hydroxylation sites is 1. The maximum absolute atomic E-state index is 13.6. The maximum Gasteiger partial charge on any atom is 0.129 e. The fraction of sp³-hybridized carbons (Fsp3) is 0.0714. The molecule has 2 aromatic rings. The highest BCUT2D eigenvalue weighted by Crippen LogP contribution is 2.21. The van der Waals surface area contributed by atoms with Crippen molar-refractivity contribution in [3.63, 3.8) is 0 Å². The van der Waals surface area contributed by atoms with Crippen LogP contribution in [0.4, 0.5) is 10.1 Å². The van der Waals surface area contributed by atoms with Crippen molar-refractivity contribution in [3.8, 4) is 6.07 Å². The van der Waals surface area contributed by atoms with Crippen LogP contribution in [0.2, 0.25) is 5.02 Å². The lowest BCUT2D eigenvalue weighted by molar-refractivity contribution is 0.612. The zero-order valence-electron chi connectivity index (χ0n) is 9.45.